The molecule has 1 aliphatic rings. The third-order valence-electron chi connectivity index (χ3n) is 3.60. The molecule has 0 bridgehead atoms. The number of benzene rings is 1. The molecule has 2 aromatic rings. The second kappa shape index (κ2) is 5.40. The van der Waals surface area contributed by atoms with E-state index in [1.165, 1.54) is 11.6 Å². The van der Waals surface area contributed by atoms with Crippen LogP contribution in [0.1, 0.15) is 12.0 Å². The quantitative estimate of drug-likeness (QED) is 0.513. The van der Waals surface area contributed by atoms with E-state index >= 15 is 0 Å². The van der Waals surface area contributed by atoms with E-state index in [0.29, 0.717) is 0 Å². The molecular weight excluding hydrogens is 268 g/mol. The van der Waals surface area contributed by atoms with E-state index in [2.05, 4.69) is 22.9 Å². The number of nitrogens with one attached hydrogen (secondary N) is 2. The molecule has 2 N–H and O–H groups in total. The van der Waals surface area contributed by atoms with Gasteiger partial charge in [0.05, 0.1) is 22.5 Å². The SMILES string of the molecule is C[n+]1cccc(CC[C@H]2Nc3ccc([N+](=O)[O-])cc3N2)c1. The summed E-state index contributed by atoms with van der Waals surface area (Å²) in [6.45, 7) is 0. The molecule has 2 heterocycles. The molecular formula is C15H17N4O2+. The predicted molar refractivity (Wildman–Crippen MR) is 80.1 cm³/mol. The second-order valence-corrected chi connectivity index (χ2v) is 5.24. The average molecular weight is 285 g/mol. The summed E-state index contributed by atoms with van der Waals surface area (Å²) >= 11 is 0. The van der Waals surface area contributed by atoms with Crippen molar-refractivity contribution >= 4 is 17.1 Å². The maximum Gasteiger partial charge on any atom is 0.271 e. The number of hydrogen-bond acceptors (Lipinski definition) is 4. The van der Waals surface area contributed by atoms with Gasteiger partial charge in [0.15, 0.2) is 12.4 Å². The number of nitrogens with zero attached hydrogens (tertiary/aromatic N) is 2. The largest absolute Gasteiger partial charge is 0.364 e. The lowest BCUT2D eigenvalue weighted by molar-refractivity contribution is -0.671. The van der Waals surface area contributed by atoms with Crippen LogP contribution in [0.5, 0.6) is 0 Å². The van der Waals surface area contributed by atoms with Gasteiger partial charge in [0.1, 0.15) is 7.05 Å². The van der Waals surface area contributed by atoms with E-state index < -0.39 is 0 Å². The summed E-state index contributed by atoms with van der Waals surface area (Å²) in [5.41, 5.74) is 3.10. The van der Waals surface area contributed by atoms with E-state index in [1.807, 2.05) is 23.9 Å². The summed E-state index contributed by atoms with van der Waals surface area (Å²) in [5.74, 6) is 0. The minimum Gasteiger partial charge on any atom is -0.364 e. The highest BCUT2D eigenvalue weighted by atomic mass is 16.6. The van der Waals surface area contributed by atoms with Gasteiger partial charge >= 0.3 is 0 Å². The molecule has 0 saturated heterocycles. The molecule has 1 aromatic carbocycles. The van der Waals surface area contributed by atoms with Gasteiger partial charge in [-0.15, -0.1) is 0 Å². The van der Waals surface area contributed by atoms with Crippen molar-refractivity contribution in [1.82, 2.24) is 0 Å². The molecule has 3 rings (SSSR count). The Kier molecular flexibility index (Phi) is 3.43. The molecule has 0 unspecified atom stereocenters. The predicted octanol–water partition coefficient (Wildman–Crippen LogP) is 2.22. The van der Waals surface area contributed by atoms with Crippen LogP contribution in [0.25, 0.3) is 0 Å². The van der Waals surface area contributed by atoms with E-state index in [1.54, 1.807) is 12.1 Å². The Labute approximate surface area is 122 Å². The van der Waals surface area contributed by atoms with Gasteiger partial charge in [-0.25, -0.2) is 4.57 Å². The molecule has 6 heteroatoms. The third kappa shape index (κ3) is 2.94. The van der Waals surface area contributed by atoms with Gasteiger partial charge in [-0.2, -0.15) is 0 Å². The highest BCUT2D eigenvalue weighted by molar-refractivity contribution is 5.76. The zero-order valence-electron chi connectivity index (χ0n) is 11.7. The van der Waals surface area contributed by atoms with E-state index in [9.17, 15) is 10.1 Å². The van der Waals surface area contributed by atoms with Crippen LogP contribution in [0.4, 0.5) is 17.1 Å². The number of anilines is 2. The van der Waals surface area contributed by atoms with Crippen LogP contribution in [-0.4, -0.2) is 11.1 Å². The summed E-state index contributed by atoms with van der Waals surface area (Å²) in [4.78, 5) is 10.4. The van der Waals surface area contributed by atoms with Crippen molar-refractivity contribution in [3.05, 3.63) is 58.4 Å². The Hall–Kier alpha value is -2.63. The van der Waals surface area contributed by atoms with Crippen molar-refractivity contribution in [3.8, 4) is 0 Å². The van der Waals surface area contributed by atoms with Crippen molar-refractivity contribution < 1.29 is 9.49 Å². The molecule has 0 saturated carbocycles. The molecule has 0 radical (unpaired) electrons. The summed E-state index contributed by atoms with van der Waals surface area (Å²) < 4.78 is 2.03. The lowest BCUT2D eigenvalue weighted by atomic mass is 10.1. The number of hydrogen-bond donors (Lipinski definition) is 2. The van der Waals surface area contributed by atoms with Crippen LogP contribution in [0, 0.1) is 10.1 Å². The topological polar surface area (TPSA) is 71.1 Å². The number of nitro benzene ring substituents is 1. The van der Waals surface area contributed by atoms with Gasteiger partial charge in [-0.1, -0.05) is 0 Å². The van der Waals surface area contributed by atoms with Gasteiger partial charge < -0.3 is 10.6 Å². The molecule has 0 spiro atoms. The first-order valence-corrected chi connectivity index (χ1v) is 6.87. The molecule has 1 aliphatic heterocycles. The van der Waals surface area contributed by atoms with Crippen molar-refractivity contribution in [2.24, 2.45) is 7.05 Å². The highest BCUT2D eigenvalue weighted by Crippen LogP contribution is 2.33. The van der Waals surface area contributed by atoms with Crippen molar-refractivity contribution in [3.63, 3.8) is 0 Å². The molecule has 0 amide bonds. The minimum atomic E-state index is -0.376. The van der Waals surface area contributed by atoms with Gasteiger partial charge in [0.2, 0.25) is 0 Å². The van der Waals surface area contributed by atoms with Crippen LogP contribution in [0.2, 0.25) is 0 Å². The Morgan fingerprint density at radius 3 is 2.86 bits per heavy atom. The van der Waals surface area contributed by atoms with Crippen LogP contribution in [0.15, 0.2) is 42.7 Å². The molecule has 21 heavy (non-hydrogen) atoms. The van der Waals surface area contributed by atoms with Crippen molar-refractivity contribution in [2.75, 3.05) is 10.6 Å². The first-order valence-electron chi connectivity index (χ1n) is 6.87. The molecule has 0 fully saturated rings. The standard InChI is InChI=1S/C15H17N4O2/c1-18-8-2-3-11(10-18)4-7-15-16-13-6-5-12(19(20)21)9-14(13)17-15/h2-3,5-6,8-10,15-17H,4,7H2,1H3/q+1/t15-/m0/s1. The number of non-ortho nitro benzene ring substituents is 1. The van der Waals surface area contributed by atoms with Gasteiger partial charge in [-0.05, 0) is 25.0 Å². The first-order chi connectivity index (χ1) is 10.1. The fourth-order valence-corrected chi connectivity index (χ4v) is 2.56. The molecule has 1 atom stereocenters. The smallest absolute Gasteiger partial charge is 0.271 e. The van der Waals surface area contributed by atoms with Crippen LogP contribution in [0.3, 0.4) is 0 Å². The van der Waals surface area contributed by atoms with Gasteiger partial charge in [-0.3, -0.25) is 10.1 Å². The normalized spacial score (nSPS) is 16.0. The number of rotatable bonds is 4. The van der Waals surface area contributed by atoms with Gasteiger partial charge in [0.25, 0.3) is 5.69 Å². The summed E-state index contributed by atoms with van der Waals surface area (Å²) in [6.07, 6.45) is 6.06. The Morgan fingerprint density at radius 1 is 1.29 bits per heavy atom. The first kappa shape index (κ1) is 13.4. The summed E-state index contributed by atoms with van der Waals surface area (Å²) in [6, 6.07) is 8.98. The Bertz CT molecular complexity index is 687. The number of pyridine rings is 1. The number of aryl methyl sites for hydroxylation is 2. The van der Waals surface area contributed by atoms with E-state index in [0.717, 1.165) is 24.2 Å². The van der Waals surface area contributed by atoms with E-state index in [-0.39, 0.29) is 16.8 Å². The molecule has 6 nitrogen and oxygen atoms in total. The van der Waals surface area contributed by atoms with Crippen LogP contribution < -0.4 is 15.2 Å². The molecule has 108 valence electrons. The zero-order chi connectivity index (χ0) is 14.8. The second-order valence-electron chi connectivity index (χ2n) is 5.24. The van der Waals surface area contributed by atoms with Crippen molar-refractivity contribution in [1.29, 1.82) is 0 Å². The fourth-order valence-electron chi connectivity index (χ4n) is 2.56. The lowest BCUT2D eigenvalue weighted by Gasteiger charge is -2.11. The van der Waals surface area contributed by atoms with E-state index in [4.69, 9.17) is 0 Å². The fraction of sp³-hybridized carbons (Fsp3) is 0.267. The third-order valence-corrected chi connectivity index (χ3v) is 3.60. The number of fused-ring (bicyclic) bond motifs is 1. The zero-order valence-corrected chi connectivity index (χ0v) is 11.7. The number of aromatic nitrogens is 1. The maximum absolute atomic E-state index is 10.8. The lowest BCUT2D eigenvalue weighted by Crippen LogP contribution is -2.27. The van der Waals surface area contributed by atoms with Gasteiger partial charge in [0, 0.05) is 23.8 Å². The summed E-state index contributed by atoms with van der Waals surface area (Å²) in [7, 11) is 2.00. The maximum atomic E-state index is 10.8. The average Bonchev–Trinajstić information content (AvgIpc) is 2.87. The Balaban J connectivity index is 1.64. The van der Waals surface area contributed by atoms with Crippen LogP contribution >= 0.6 is 0 Å². The molecule has 1 aromatic heterocycles. The highest BCUT2D eigenvalue weighted by Gasteiger charge is 2.21. The summed E-state index contributed by atoms with van der Waals surface area (Å²) in [5, 5.41) is 17.4. The number of nitro groups is 1. The van der Waals surface area contributed by atoms with Crippen LogP contribution in [-0.2, 0) is 13.5 Å². The minimum absolute atomic E-state index is 0.104. The van der Waals surface area contributed by atoms with Crippen molar-refractivity contribution in [2.45, 2.75) is 19.0 Å². The monoisotopic (exact) mass is 285 g/mol. The molecule has 0 aliphatic carbocycles. The Morgan fingerprint density at radius 2 is 2.10 bits per heavy atom.